The molecule has 0 aromatic heterocycles. The molecule has 3 heteroatoms. The fourth-order valence-corrected chi connectivity index (χ4v) is 3.77. The number of hydrogen-bond donors (Lipinski definition) is 2. The zero-order chi connectivity index (χ0) is 13.5. The Labute approximate surface area is 117 Å². The van der Waals surface area contributed by atoms with Crippen LogP contribution in [0.3, 0.4) is 0 Å². The summed E-state index contributed by atoms with van der Waals surface area (Å²) in [4.78, 5) is 12.1. The first-order chi connectivity index (χ1) is 9.29. The number of rotatable bonds is 5. The molecule has 1 amide bonds. The van der Waals surface area contributed by atoms with Crippen molar-refractivity contribution < 1.29 is 4.79 Å². The van der Waals surface area contributed by atoms with Crippen LogP contribution in [0.25, 0.3) is 0 Å². The van der Waals surface area contributed by atoms with E-state index in [9.17, 15) is 4.79 Å². The van der Waals surface area contributed by atoms with Crippen molar-refractivity contribution in [2.75, 3.05) is 6.54 Å². The highest BCUT2D eigenvalue weighted by Gasteiger charge is 2.25. The first-order valence-corrected chi connectivity index (χ1v) is 8.29. The normalized spacial score (nSPS) is 29.1. The summed E-state index contributed by atoms with van der Waals surface area (Å²) >= 11 is 0. The predicted octanol–water partition coefficient (Wildman–Crippen LogP) is 2.98. The molecular formula is C16H30N2O. The highest BCUT2D eigenvalue weighted by Crippen LogP contribution is 2.27. The molecule has 110 valence electrons. The number of nitrogens with two attached hydrogens (primary N) is 1. The number of amides is 1. The van der Waals surface area contributed by atoms with Gasteiger partial charge in [0.15, 0.2) is 0 Å². The minimum absolute atomic E-state index is 0.260. The zero-order valence-corrected chi connectivity index (χ0v) is 12.2. The van der Waals surface area contributed by atoms with Gasteiger partial charge in [0.05, 0.1) is 0 Å². The first kappa shape index (κ1) is 14.8. The second-order valence-electron chi connectivity index (χ2n) is 6.50. The van der Waals surface area contributed by atoms with Crippen LogP contribution >= 0.6 is 0 Å². The third kappa shape index (κ3) is 4.79. The maximum absolute atomic E-state index is 12.1. The monoisotopic (exact) mass is 266 g/mol. The molecule has 0 aromatic rings. The molecule has 0 heterocycles. The van der Waals surface area contributed by atoms with Gasteiger partial charge in [0.1, 0.15) is 0 Å². The van der Waals surface area contributed by atoms with Gasteiger partial charge in [-0.3, -0.25) is 4.79 Å². The van der Waals surface area contributed by atoms with E-state index in [1.807, 2.05) is 0 Å². The van der Waals surface area contributed by atoms with Crippen molar-refractivity contribution in [3.05, 3.63) is 0 Å². The van der Waals surface area contributed by atoms with Gasteiger partial charge in [-0.1, -0.05) is 44.9 Å². The van der Waals surface area contributed by atoms with Gasteiger partial charge >= 0.3 is 0 Å². The number of hydrogen-bond acceptors (Lipinski definition) is 2. The summed E-state index contributed by atoms with van der Waals surface area (Å²) in [7, 11) is 0. The molecule has 0 saturated heterocycles. The molecule has 2 atom stereocenters. The molecule has 0 spiro atoms. The van der Waals surface area contributed by atoms with E-state index in [0.29, 0.717) is 18.5 Å². The second kappa shape index (κ2) is 7.88. The number of carbonyl (C=O) groups excluding carboxylic acids is 1. The molecule has 3 N–H and O–H groups in total. The highest BCUT2D eigenvalue weighted by atomic mass is 16.1. The van der Waals surface area contributed by atoms with Gasteiger partial charge in [-0.25, -0.2) is 0 Å². The third-order valence-electron chi connectivity index (χ3n) is 5.06. The molecule has 0 aromatic carbocycles. The Morgan fingerprint density at radius 3 is 2.42 bits per heavy atom. The lowest BCUT2D eigenvalue weighted by atomic mass is 9.84. The largest absolute Gasteiger partial charge is 0.353 e. The lowest BCUT2D eigenvalue weighted by molar-refractivity contribution is -0.122. The fourth-order valence-electron chi connectivity index (χ4n) is 3.77. The molecule has 2 rings (SSSR count). The van der Waals surface area contributed by atoms with Gasteiger partial charge in [0.25, 0.3) is 0 Å². The summed E-state index contributed by atoms with van der Waals surface area (Å²) in [5, 5.41) is 3.24. The third-order valence-corrected chi connectivity index (χ3v) is 5.06. The van der Waals surface area contributed by atoms with E-state index in [-0.39, 0.29) is 5.91 Å². The Morgan fingerprint density at radius 1 is 1.00 bits per heavy atom. The maximum Gasteiger partial charge on any atom is 0.220 e. The fraction of sp³-hybridized carbons (Fsp3) is 0.938. The maximum atomic E-state index is 12.1. The van der Waals surface area contributed by atoms with Gasteiger partial charge in [0, 0.05) is 12.5 Å². The van der Waals surface area contributed by atoms with Gasteiger partial charge in [-0.2, -0.15) is 0 Å². The van der Waals surface area contributed by atoms with Crippen LogP contribution in [-0.2, 0) is 4.79 Å². The smallest absolute Gasteiger partial charge is 0.220 e. The lowest BCUT2D eigenvalue weighted by Crippen LogP contribution is -2.44. The van der Waals surface area contributed by atoms with Crippen molar-refractivity contribution in [3.63, 3.8) is 0 Å². The van der Waals surface area contributed by atoms with E-state index in [1.165, 1.54) is 51.4 Å². The molecule has 2 fully saturated rings. The molecule has 3 nitrogen and oxygen atoms in total. The van der Waals surface area contributed by atoms with Crippen LogP contribution in [0, 0.1) is 11.8 Å². The highest BCUT2D eigenvalue weighted by molar-refractivity contribution is 5.76. The van der Waals surface area contributed by atoms with Crippen molar-refractivity contribution in [2.45, 2.75) is 76.7 Å². The van der Waals surface area contributed by atoms with Crippen LogP contribution in [0.5, 0.6) is 0 Å². The number of carbonyl (C=O) groups is 1. The van der Waals surface area contributed by atoms with Crippen LogP contribution in [0.1, 0.15) is 70.6 Å². The quantitative estimate of drug-likeness (QED) is 0.803. The van der Waals surface area contributed by atoms with Crippen molar-refractivity contribution in [1.29, 1.82) is 0 Å². The minimum atomic E-state index is 0.260. The standard InChI is InChI=1S/C16H30N2O/c17-12-14-8-4-5-9-15(14)18-16(19)11-10-13-6-2-1-3-7-13/h13-15H,1-12,17H2,(H,18,19). The predicted molar refractivity (Wildman–Crippen MR) is 78.8 cm³/mol. The molecule has 2 unspecified atom stereocenters. The van der Waals surface area contributed by atoms with Crippen LogP contribution in [-0.4, -0.2) is 18.5 Å². The average Bonchev–Trinajstić information content (AvgIpc) is 2.47. The van der Waals surface area contributed by atoms with Crippen molar-refractivity contribution in [3.8, 4) is 0 Å². The molecule has 0 radical (unpaired) electrons. The second-order valence-corrected chi connectivity index (χ2v) is 6.50. The van der Waals surface area contributed by atoms with Crippen molar-refractivity contribution in [2.24, 2.45) is 17.6 Å². The zero-order valence-electron chi connectivity index (χ0n) is 12.2. The summed E-state index contributed by atoms with van der Waals surface area (Å²) in [5.74, 6) is 1.57. The van der Waals surface area contributed by atoms with Crippen molar-refractivity contribution >= 4 is 5.91 Å². The van der Waals surface area contributed by atoms with E-state index < -0.39 is 0 Å². The van der Waals surface area contributed by atoms with Crippen molar-refractivity contribution in [1.82, 2.24) is 5.32 Å². The molecule has 2 aliphatic carbocycles. The van der Waals surface area contributed by atoms with Gasteiger partial charge in [0.2, 0.25) is 5.91 Å². The summed E-state index contributed by atoms with van der Waals surface area (Å²) in [6.07, 6.45) is 13.4. The minimum Gasteiger partial charge on any atom is -0.353 e. The summed E-state index contributed by atoms with van der Waals surface area (Å²) in [5.41, 5.74) is 5.81. The van der Waals surface area contributed by atoms with E-state index in [1.54, 1.807) is 0 Å². The van der Waals surface area contributed by atoms with Crippen LogP contribution in [0.4, 0.5) is 0 Å². The molecule has 0 aliphatic heterocycles. The molecule has 2 aliphatic rings. The van der Waals surface area contributed by atoms with Gasteiger partial charge < -0.3 is 11.1 Å². The first-order valence-electron chi connectivity index (χ1n) is 8.29. The van der Waals surface area contributed by atoms with E-state index >= 15 is 0 Å². The Hall–Kier alpha value is -0.570. The Morgan fingerprint density at radius 2 is 1.68 bits per heavy atom. The lowest BCUT2D eigenvalue weighted by Gasteiger charge is -2.31. The Bertz CT molecular complexity index is 274. The van der Waals surface area contributed by atoms with E-state index in [4.69, 9.17) is 5.73 Å². The Kier molecular flexibility index (Phi) is 6.15. The van der Waals surface area contributed by atoms with E-state index in [2.05, 4.69) is 5.32 Å². The molecule has 19 heavy (non-hydrogen) atoms. The summed E-state index contributed by atoms with van der Waals surface area (Å²) in [6, 6.07) is 0.345. The van der Waals surface area contributed by atoms with E-state index in [0.717, 1.165) is 25.2 Å². The SMILES string of the molecule is NCC1CCCCC1NC(=O)CCC1CCCCC1. The Balaban J connectivity index is 1.67. The topological polar surface area (TPSA) is 55.1 Å². The molecule has 0 bridgehead atoms. The molecule has 2 saturated carbocycles. The van der Waals surface area contributed by atoms with Crippen LogP contribution < -0.4 is 11.1 Å². The average molecular weight is 266 g/mol. The summed E-state index contributed by atoms with van der Waals surface area (Å²) < 4.78 is 0. The van der Waals surface area contributed by atoms with Gasteiger partial charge in [-0.05, 0) is 37.6 Å². The summed E-state index contributed by atoms with van der Waals surface area (Å²) in [6.45, 7) is 0.716. The van der Waals surface area contributed by atoms with Gasteiger partial charge in [-0.15, -0.1) is 0 Å². The molecular weight excluding hydrogens is 236 g/mol. The van der Waals surface area contributed by atoms with Crippen LogP contribution in [0.15, 0.2) is 0 Å². The number of nitrogens with one attached hydrogen (secondary N) is 1. The van der Waals surface area contributed by atoms with Crippen LogP contribution in [0.2, 0.25) is 0 Å².